The van der Waals surface area contributed by atoms with Crippen LogP contribution in [0, 0.1) is 5.82 Å². The van der Waals surface area contributed by atoms with E-state index in [0.717, 1.165) is 18.6 Å². The highest BCUT2D eigenvalue weighted by atomic mass is 32.2. The summed E-state index contributed by atoms with van der Waals surface area (Å²) in [7, 11) is -1.12. The third-order valence-electron chi connectivity index (χ3n) is 4.64. The first-order valence-electron chi connectivity index (χ1n) is 7.20. The third-order valence-corrected chi connectivity index (χ3v) is 6.76. The summed E-state index contributed by atoms with van der Waals surface area (Å²) >= 11 is 0. The summed E-state index contributed by atoms with van der Waals surface area (Å²) < 4.78 is 65.5. The van der Waals surface area contributed by atoms with E-state index in [9.17, 15) is 26.9 Å². The normalized spacial score (nSPS) is 35.4. The minimum absolute atomic E-state index is 0.0113. The Morgan fingerprint density at radius 2 is 1.77 bits per heavy atom. The SMILES string of the molecule is O=S1C2CCCC1CC(O)(c1cccc(F)c1C(F)(F)F)C2. The molecule has 1 aromatic rings. The molecular formula is C15H16F4O2S. The lowest BCUT2D eigenvalue weighted by atomic mass is 9.78. The topological polar surface area (TPSA) is 37.3 Å². The quantitative estimate of drug-likeness (QED) is 0.797. The maximum absolute atomic E-state index is 13.7. The van der Waals surface area contributed by atoms with Crippen LogP contribution in [-0.4, -0.2) is 19.8 Å². The summed E-state index contributed by atoms with van der Waals surface area (Å²) in [4.78, 5) is 0. The van der Waals surface area contributed by atoms with Gasteiger partial charge < -0.3 is 5.11 Å². The Hall–Kier alpha value is -0.950. The van der Waals surface area contributed by atoms with Crippen molar-refractivity contribution in [3.8, 4) is 0 Å². The zero-order chi connectivity index (χ0) is 16.1. The predicted octanol–water partition coefficient (Wildman–Crippen LogP) is 3.50. The van der Waals surface area contributed by atoms with E-state index in [1.807, 2.05) is 0 Å². The highest BCUT2D eigenvalue weighted by molar-refractivity contribution is 7.86. The highest BCUT2D eigenvalue weighted by Crippen LogP contribution is 2.48. The number of benzene rings is 1. The fourth-order valence-corrected chi connectivity index (χ4v) is 5.92. The van der Waals surface area contributed by atoms with Crippen LogP contribution in [0.1, 0.15) is 43.2 Å². The molecule has 0 saturated carbocycles. The van der Waals surface area contributed by atoms with Crippen molar-refractivity contribution in [2.75, 3.05) is 0 Å². The van der Waals surface area contributed by atoms with E-state index >= 15 is 0 Å². The van der Waals surface area contributed by atoms with E-state index in [0.29, 0.717) is 12.8 Å². The molecule has 0 amide bonds. The van der Waals surface area contributed by atoms with Crippen molar-refractivity contribution in [1.29, 1.82) is 0 Å². The number of alkyl halides is 3. The van der Waals surface area contributed by atoms with E-state index in [2.05, 4.69) is 0 Å². The van der Waals surface area contributed by atoms with Crippen LogP contribution in [-0.2, 0) is 22.6 Å². The van der Waals surface area contributed by atoms with Crippen molar-refractivity contribution in [1.82, 2.24) is 0 Å². The van der Waals surface area contributed by atoms with E-state index in [1.165, 1.54) is 6.07 Å². The molecule has 2 nitrogen and oxygen atoms in total. The van der Waals surface area contributed by atoms with Crippen LogP contribution in [0.3, 0.4) is 0 Å². The standard InChI is InChI=1S/C15H16F4O2S/c16-12-6-2-5-11(13(12)15(17,18)19)14(20)7-9-3-1-4-10(8-14)22(9)21/h2,5-6,9-10,20H,1,3-4,7-8H2. The van der Waals surface area contributed by atoms with Gasteiger partial charge >= 0.3 is 6.18 Å². The number of fused-ring (bicyclic) bond motifs is 2. The minimum Gasteiger partial charge on any atom is -0.385 e. The Bertz CT molecular complexity index is 598. The molecule has 2 aliphatic heterocycles. The lowest BCUT2D eigenvalue weighted by Crippen LogP contribution is -2.48. The van der Waals surface area contributed by atoms with E-state index in [1.54, 1.807) is 0 Å². The minimum atomic E-state index is -4.87. The molecule has 0 aromatic heterocycles. The first kappa shape index (κ1) is 15.9. The average Bonchev–Trinajstić information content (AvgIpc) is 2.39. The monoisotopic (exact) mass is 336 g/mol. The Morgan fingerprint density at radius 3 is 2.32 bits per heavy atom. The second kappa shape index (κ2) is 5.30. The Kier molecular flexibility index (Phi) is 3.84. The molecule has 2 saturated heterocycles. The third kappa shape index (κ3) is 2.58. The summed E-state index contributed by atoms with van der Waals surface area (Å²) in [5.41, 5.74) is -3.59. The van der Waals surface area contributed by atoms with Gasteiger partial charge in [0.2, 0.25) is 0 Å². The number of aliphatic hydroxyl groups is 1. The molecule has 7 heteroatoms. The van der Waals surface area contributed by atoms with Gasteiger partial charge in [-0.1, -0.05) is 18.6 Å². The molecule has 2 fully saturated rings. The molecule has 0 aliphatic carbocycles. The zero-order valence-corrected chi connectivity index (χ0v) is 12.5. The van der Waals surface area contributed by atoms with Gasteiger partial charge in [0.1, 0.15) is 5.82 Å². The summed E-state index contributed by atoms with van der Waals surface area (Å²) in [5.74, 6) is -1.38. The van der Waals surface area contributed by atoms with Crippen molar-refractivity contribution in [2.24, 2.45) is 0 Å². The van der Waals surface area contributed by atoms with Gasteiger partial charge in [0.05, 0.1) is 11.2 Å². The van der Waals surface area contributed by atoms with Gasteiger partial charge in [0.25, 0.3) is 0 Å². The van der Waals surface area contributed by atoms with Gasteiger partial charge in [0.15, 0.2) is 0 Å². The molecule has 22 heavy (non-hydrogen) atoms. The molecule has 2 heterocycles. The molecule has 1 aromatic carbocycles. The smallest absolute Gasteiger partial charge is 0.385 e. The lowest BCUT2D eigenvalue weighted by molar-refractivity contribution is -0.143. The molecular weight excluding hydrogens is 320 g/mol. The summed E-state index contributed by atoms with van der Waals surface area (Å²) in [6.07, 6.45) is -2.77. The Labute approximate surface area is 128 Å². The second-order valence-corrected chi connectivity index (χ2v) is 8.09. The fourth-order valence-electron chi connectivity index (χ4n) is 3.70. The van der Waals surface area contributed by atoms with Crippen LogP contribution in [0.4, 0.5) is 17.6 Å². The second-order valence-electron chi connectivity index (χ2n) is 6.10. The first-order valence-corrected chi connectivity index (χ1v) is 8.48. The summed E-state index contributed by atoms with van der Waals surface area (Å²) in [6.45, 7) is 0. The maximum Gasteiger partial charge on any atom is 0.419 e. The number of hydrogen-bond donors (Lipinski definition) is 1. The maximum atomic E-state index is 13.7. The van der Waals surface area contributed by atoms with Crippen molar-refractivity contribution < 1.29 is 26.9 Å². The predicted molar refractivity (Wildman–Crippen MR) is 74.1 cm³/mol. The first-order chi connectivity index (χ1) is 10.2. The Balaban J connectivity index is 2.08. The van der Waals surface area contributed by atoms with Crippen molar-refractivity contribution in [2.45, 2.75) is 54.4 Å². The number of hydrogen-bond acceptors (Lipinski definition) is 2. The molecule has 3 rings (SSSR count). The van der Waals surface area contributed by atoms with Crippen LogP contribution < -0.4 is 0 Å². The summed E-state index contributed by atoms with van der Waals surface area (Å²) in [5, 5.41) is 10.2. The van der Waals surface area contributed by atoms with Gasteiger partial charge in [0, 0.05) is 21.3 Å². The fraction of sp³-hybridized carbons (Fsp3) is 0.600. The largest absolute Gasteiger partial charge is 0.419 e. The van der Waals surface area contributed by atoms with E-state index in [4.69, 9.17) is 0 Å². The van der Waals surface area contributed by atoms with Gasteiger partial charge in [-0.05, 0) is 37.3 Å². The van der Waals surface area contributed by atoms with Crippen LogP contribution in [0.2, 0.25) is 0 Å². The Morgan fingerprint density at radius 1 is 1.18 bits per heavy atom. The van der Waals surface area contributed by atoms with Gasteiger partial charge in [-0.15, -0.1) is 0 Å². The van der Waals surface area contributed by atoms with Crippen LogP contribution in [0.25, 0.3) is 0 Å². The molecule has 1 N–H and O–H groups in total. The highest BCUT2D eigenvalue weighted by Gasteiger charge is 2.50. The van der Waals surface area contributed by atoms with E-state index < -0.39 is 39.5 Å². The molecule has 122 valence electrons. The van der Waals surface area contributed by atoms with Gasteiger partial charge in [-0.2, -0.15) is 13.2 Å². The number of halogens is 4. The van der Waals surface area contributed by atoms with Crippen LogP contribution in [0.15, 0.2) is 18.2 Å². The molecule has 2 aliphatic rings. The lowest BCUT2D eigenvalue weighted by Gasteiger charge is -2.44. The zero-order valence-electron chi connectivity index (χ0n) is 11.7. The molecule has 0 radical (unpaired) electrons. The average molecular weight is 336 g/mol. The van der Waals surface area contributed by atoms with Crippen molar-refractivity contribution in [3.63, 3.8) is 0 Å². The number of rotatable bonds is 1. The van der Waals surface area contributed by atoms with Crippen molar-refractivity contribution >= 4 is 10.8 Å². The summed E-state index contributed by atoms with van der Waals surface area (Å²) in [6, 6.07) is 3.06. The van der Waals surface area contributed by atoms with Crippen LogP contribution >= 0.6 is 0 Å². The molecule has 0 spiro atoms. The molecule has 2 unspecified atom stereocenters. The van der Waals surface area contributed by atoms with Crippen molar-refractivity contribution in [3.05, 3.63) is 35.1 Å². The van der Waals surface area contributed by atoms with Gasteiger partial charge in [-0.25, -0.2) is 4.39 Å². The van der Waals surface area contributed by atoms with E-state index in [-0.39, 0.29) is 23.3 Å². The molecule has 2 bridgehead atoms. The molecule has 2 atom stereocenters. The van der Waals surface area contributed by atoms with Gasteiger partial charge in [-0.3, -0.25) is 4.21 Å². The van der Waals surface area contributed by atoms with Crippen LogP contribution in [0.5, 0.6) is 0 Å².